The van der Waals surface area contributed by atoms with Crippen LogP contribution < -0.4 is 11.1 Å². The van der Waals surface area contributed by atoms with Crippen LogP contribution in [0, 0.1) is 5.92 Å². The minimum absolute atomic E-state index is 0.779. The highest BCUT2D eigenvalue weighted by Crippen LogP contribution is 2.24. The van der Waals surface area contributed by atoms with E-state index in [1.54, 1.807) is 0 Å². The predicted molar refractivity (Wildman–Crippen MR) is 71.1 cm³/mol. The lowest BCUT2D eigenvalue weighted by Gasteiger charge is -2.10. The maximum absolute atomic E-state index is 5.66. The van der Waals surface area contributed by atoms with Gasteiger partial charge in [-0.05, 0) is 52.9 Å². The van der Waals surface area contributed by atoms with Crippen LogP contribution in [0.2, 0.25) is 0 Å². The third kappa shape index (κ3) is 4.56. The Kier molecular flexibility index (Phi) is 4.95. The summed E-state index contributed by atoms with van der Waals surface area (Å²) in [5, 5.41) is 3.39. The Morgan fingerprint density at radius 3 is 2.73 bits per heavy atom. The molecule has 0 spiro atoms. The molecule has 0 radical (unpaired) electrons. The van der Waals surface area contributed by atoms with Gasteiger partial charge in [-0.3, -0.25) is 0 Å². The van der Waals surface area contributed by atoms with Crippen LogP contribution in [0.15, 0.2) is 22.7 Å². The molecule has 0 atom stereocenters. The first-order valence-corrected chi connectivity index (χ1v) is 6.18. The number of nitrogen functional groups attached to an aromatic ring is 1. The molecule has 2 nitrogen and oxygen atoms in total. The van der Waals surface area contributed by atoms with Crippen molar-refractivity contribution in [2.75, 3.05) is 17.6 Å². The van der Waals surface area contributed by atoms with Crippen LogP contribution in [-0.4, -0.2) is 6.54 Å². The molecular formula is C12H19BrN2. The van der Waals surface area contributed by atoms with Gasteiger partial charge in [0.1, 0.15) is 0 Å². The molecule has 15 heavy (non-hydrogen) atoms. The average molecular weight is 271 g/mol. The molecule has 0 aromatic heterocycles. The van der Waals surface area contributed by atoms with Gasteiger partial charge in [-0.2, -0.15) is 0 Å². The Labute approximate surface area is 100 Å². The van der Waals surface area contributed by atoms with Crippen LogP contribution in [0.5, 0.6) is 0 Å². The lowest BCUT2D eigenvalue weighted by atomic mass is 10.1. The summed E-state index contributed by atoms with van der Waals surface area (Å²) in [6, 6.07) is 5.84. The zero-order chi connectivity index (χ0) is 11.3. The fourth-order valence-electron chi connectivity index (χ4n) is 1.41. The molecule has 1 aromatic rings. The summed E-state index contributed by atoms with van der Waals surface area (Å²) < 4.78 is 1.03. The fourth-order valence-corrected chi connectivity index (χ4v) is 1.94. The van der Waals surface area contributed by atoms with Crippen molar-refractivity contribution >= 4 is 27.3 Å². The summed E-state index contributed by atoms with van der Waals surface area (Å²) in [7, 11) is 0. The number of nitrogens with one attached hydrogen (secondary N) is 1. The molecule has 1 rings (SSSR count). The topological polar surface area (TPSA) is 38.0 Å². The molecule has 84 valence electrons. The first-order valence-electron chi connectivity index (χ1n) is 5.38. The van der Waals surface area contributed by atoms with E-state index in [0.29, 0.717) is 0 Å². The molecule has 0 saturated carbocycles. The zero-order valence-corrected chi connectivity index (χ0v) is 11.0. The second-order valence-electron chi connectivity index (χ2n) is 4.20. The summed E-state index contributed by atoms with van der Waals surface area (Å²) in [6.07, 6.45) is 2.47. The van der Waals surface area contributed by atoms with Gasteiger partial charge in [0, 0.05) is 22.4 Å². The van der Waals surface area contributed by atoms with Gasteiger partial charge in [0.15, 0.2) is 0 Å². The Bertz CT molecular complexity index is 310. The van der Waals surface area contributed by atoms with Gasteiger partial charge in [-0.1, -0.05) is 13.8 Å². The van der Waals surface area contributed by atoms with Crippen LogP contribution in [-0.2, 0) is 0 Å². The third-order valence-corrected chi connectivity index (χ3v) is 2.92. The quantitative estimate of drug-likeness (QED) is 0.630. The lowest BCUT2D eigenvalue weighted by Crippen LogP contribution is -2.03. The van der Waals surface area contributed by atoms with Crippen molar-refractivity contribution in [2.45, 2.75) is 26.7 Å². The highest BCUT2D eigenvalue weighted by Gasteiger charge is 1.99. The standard InChI is InChI=1S/C12H19BrN2/c1-9(2)4-3-7-15-12-6-5-10(14)8-11(12)13/h5-6,8-9,15H,3-4,7,14H2,1-2H3. The minimum Gasteiger partial charge on any atom is -0.399 e. The summed E-state index contributed by atoms with van der Waals surface area (Å²) in [5.41, 5.74) is 7.57. The van der Waals surface area contributed by atoms with Crippen molar-refractivity contribution in [3.05, 3.63) is 22.7 Å². The molecule has 3 N–H and O–H groups in total. The first kappa shape index (κ1) is 12.4. The molecule has 0 heterocycles. The van der Waals surface area contributed by atoms with Crippen LogP contribution in [0.1, 0.15) is 26.7 Å². The average Bonchev–Trinajstić information content (AvgIpc) is 2.14. The summed E-state index contributed by atoms with van der Waals surface area (Å²) in [4.78, 5) is 0. The Morgan fingerprint density at radius 2 is 2.13 bits per heavy atom. The number of benzene rings is 1. The number of halogens is 1. The second-order valence-corrected chi connectivity index (χ2v) is 5.06. The Hall–Kier alpha value is -0.700. The third-order valence-electron chi connectivity index (χ3n) is 2.27. The molecule has 0 aliphatic heterocycles. The number of nitrogens with two attached hydrogens (primary N) is 1. The van der Waals surface area contributed by atoms with Crippen molar-refractivity contribution < 1.29 is 0 Å². The lowest BCUT2D eigenvalue weighted by molar-refractivity contribution is 0.567. The van der Waals surface area contributed by atoms with Gasteiger partial charge >= 0.3 is 0 Å². The minimum atomic E-state index is 0.779. The predicted octanol–water partition coefficient (Wildman–Crippen LogP) is 3.88. The van der Waals surface area contributed by atoms with Crippen molar-refractivity contribution in [1.29, 1.82) is 0 Å². The van der Waals surface area contributed by atoms with Crippen LogP contribution >= 0.6 is 15.9 Å². The summed E-state index contributed by atoms with van der Waals surface area (Å²) >= 11 is 3.49. The largest absolute Gasteiger partial charge is 0.399 e. The highest BCUT2D eigenvalue weighted by molar-refractivity contribution is 9.10. The molecule has 0 amide bonds. The fraction of sp³-hybridized carbons (Fsp3) is 0.500. The van der Waals surface area contributed by atoms with Crippen molar-refractivity contribution in [1.82, 2.24) is 0 Å². The van der Waals surface area contributed by atoms with E-state index in [2.05, 4.69) is 35.1 Å². The normalized spacial score (nSPS) is 10.7. The van der Waals surface area contributed by atoms with E-state index in [-0.39, 0.29) is 0 Å². The van der Waals surface area contributed by atoms with Crippen molar-refractivity contribution in [3.8, 4) is 0 Å². The smallest absolute Gasteiger partial charge is 0.0486 e. The van der Waals surface area contributed by atoms with Gasteiger partial charge in [-0.25, -0.2) is 0 Å². The number of anilines is 2. The van der Waals surface area contributed by atoms with E-state index in [9.17, 15) is 0 Å². The highest BCUT2D eigenvalue weighted by atomic mass is 79.9. The maximum Gasteiger partial charge on any atom is 0.0486 e. The number of hydrogen-bond acceptors (Lipinski definition) is 2. The van der Waals surface area contributed by atoms with Gasteiger partial charge in [0.05, 0.1) is 0 Å². The molecule has 1 aromatic carbocycles. The number of hydrogen-bond donors (Lipinski definition) is 2. The van der Waals surface area contributed by atoms with Crippen molar-refractivity contribution in [3.63, 3.8) is 0 Å². The SMILES string of the molecule is CC(C)CCCNc1ccc(N)cc1Br. The van der Waals surface area contributed by atoms with E-state index in [1.807, 2.05) is 18.2 Å². The van der Waals surface area contributed by atoms with E-state index in [1.165, 1.54) is 12.8 Å². The molecule has 0 aliphatic rings. The molecule has 0 unspecified atom stereocenters. The molecule has 0 saturated heterocycles. The van der Waals surface area contributed by atoms with E-state index >= 15 is 0 Å². The molecule has 0 fully saturated rings. The van der Waals surface area contributed by atoms with Gasteiger partial charge in [0.2, 0.25) is 0 Å². The Balaban J connectivity index is 2.37. The molecule has 0 aliphatic carbocycles. The van der Waals surface area contributed by atoms with Gasteiger partial charge < -0.3 is 11.1 Å². The second kappa shape index (κ2) is 6.01. The molecule has 3 heteroatoms. The van der Waals surface area contributed by atoms with E-state index < -0.39 is 0 Å². The molecule has 0 bridgehead atoms. The number of rotatable bonds is 5. The van der Waals surface area contributed by atoms with Crippen LogP contribution in [0.3, 0.4) is 0 Å². The van der Waals surface area contributed by atoms with E-state index in [0.717, 1.165) is 28.3 Å². The summed E-state index contributed by atoms with van der Waals surface area (Å²) in [6.45, 7) is 5.51. The van der Waals surface area contributed by atoms with E-state index in [4.69, 9.17) is 5.73 Å². The Morgan fingerprint density at radius 1 is 1.40 bits per heavy atom. The van der Waals surface area contributed by atoms with Gasteiger partial charge in [0.25, 0.3) is 0 Å². The monoisotopic (exact) mass is 270 g/mol. The van der Waals surface area contributed by atoms with Gasteiger partial charge in [-0.15, -0.1) is 0 Å². The van der Waals surface area contributed by atoms with Crippen LogP contribution in [0.4, 0.5) is 11.4 Å². The summed E-state index contributed by atoms with van der Waals surface area (Å²) in [5.74, 6) is 0.779. The molecular weight excluding hydrogens is 252 g/mol. The zero-order valence-electron chi connectivity index (χ0n) is 9.39. The maximum atomic E-state index is 5.66. The van der Waals surface area contributed by atoms with Crippen molar-refractivity contribution in [2.24, 2.45) is 5.92 Å². The van der Waals surface area contributed by atoms with Crippen LogP contribution in [0.25, 0.3) is 0 Å². The first-order chi connectivity index (χ1) is 7.09.